The van der Waals surface area contributed by atoms with Crippen LogP contribution in [-0.4, -0.2) is 61.5 Å². The van der Waals surface area contributed by atoms with E-state index in [0.717, 1.165) is 41.5 Å². The van der Waals surface area contributed by atoms with Crippen LogP contribution in [0.25, 0.3) is 11.1 Å². The van der Waals surface area contributed by atoms with Crippen molar-refractivity contribution < 1.29 is 9.21 Å². The highest BCUT2D eigenvalue weighted by molar-refractivity contribution is 7.99. The molecule has 1 unspecified atom stereocenters. The van der Waals surface area contributed by atoms with E-state index in [2.05, 4.69) is 25.8 Å². The Kier molecular flexibility index (Phi) is 5.23. The van der Waals surface area contributed by atoms with Gasteiger partial charge >= 0.3 is 6.03 Å². The number of nitrogens with one attached hydrogen (secondary N) is 1. The highest BCUT2D eigenvalue weighted by Gasteiger charge is 2.28. The molecule has 0 spiro atoms. The first-order valence-electron chi connectivity index (χ1n) is 8.94. The van der Waals surface area contributed by atoms with Crippen molar-refractivity contribution in [2.75, 3.05) is 25.4 Å². The molecule has 1 saturated heterocycles. The minimum absolute atomic E-state index is 0.0486. The van der Waals surface area contributed by atoms with E-state index in [9.17, 15) is 4.79 Å². The van der Waals surface area contributed by atoms with Crippen LogP contribution in [0.1, 0.15) is 24.7 Å². The zero-order chi connectivity index (χ0) is 18.6. The zero-order valence-corrected chi connectivity index (χ0v) is 15.9. The molecule has 1 aromatic carbocycles. The molecular weight excluding hydrogens is 366 g/mol. The third-order valence-electron chi connectivity index (χ3n) is 4.56. The van der Waals surface area contributed by atoms with Crippen molar-refractivity contribution in [3.63, 3.8) is 0 Å². The predicted molar refractivity (Wildman–Crippen MR) is 100 cm³/mol. The molecule has 3 aromatic rings. The normalized spacial score (nSPS) is 17.4. The van der Waals surface area contributed by atoms with Crippen LogP contribution in [-0.2, 0) is 7.05 Å². The number of amides is 2. The Bertz CT molecular complexity index is 892. The molecule has 2 aromatic heterocycles. The van der Waals surface area contributed by atoms with Crippen LogP contribution >= 0.6 is 11.8 Å². The molecule has 0 saturated carbocycles. The van der Waals surface area contributed by atoms with E-state index in [4.69, 9.17) is 4.42 Å². The van der Waals surface area contributed by atoms with Crippen LogP contribution < -0.4 is 5.32 Å². The van der Waals surface area contributed by atoms with Gasteiger partial charge in [0.25, 0.3) is 0 Å². The standard InChI is InChI=1S/C17H21N7O2S/c1-23-17(20-21-22-23)27-10-8-18-16(25)24-9-4-5-12(11-24)15-19-13-6-2-3-7-14(13)26-15/h2-3,6-7,12H,4-5,8-11H2,1H3,(H,18,25). The molecular formula is C17H21N7O2S. The number of nitrogens with zero attached hydrogens (tertiary/aromatic N) is 6. The maximum atomic E-state index is 12.5. The van der Waals surface area contributed by atoms with Gasteiger partial charge in [-0.25, -0.2) is 14.5 Å². The van der Waals surface area contributed by atoms with Gasteiger partial charge in [-0.1, -0.05) is 23.9 Å². The molecule has 0 aliphatic carbocycles. The first-order chi connectivity index (χ1) is 13.2. The van der Waals surface area contributed by atoms with Crippen molar-refractivity contribution in [2.24, 2.45) is 7.05 Å². The van der Waals surface area contributed by atoms with E-state index in [1.807, 2.05) is 29.2 Å². The molecule has 9 nitrogen and oxygen atoms in total. The quantitative estimate of drug-likeness (QED) is 0.528. The second-order valence-corrected chi connectivity index (χ2v) is 7.53. The van der Waals surface area contributed by atoms with Gasteiger partial charge in [0.2, 0.25) is 5.16 Å². The van der Waals surface area contributed by atoms with Crippen LogP contribution in [0.15, 0.2) is 33.8 Å². The Morgan fingerprint density at radius 1 is 1.41 bits per heavy atom. The molecule has 0 radical (unpaired) electrons. The van der Waals surface area contributed by atoms with E-state index in [1.54, 1.807) is 11.7 Å². The van der Waals surface area contributed by atoms with E-state index in [-0.39, 0.29) is 11.9 Å². The van der Waals surface area contributed by atoms with Crippen molar-refractivity contribution >= 4 is 28.9 Å². The number of piperidine rings is 1. The highest BCUT2D eigenvalue weighted by atomic mass is 32.2. The number of aryl methyl sites for hydroxylation is 1. The largest absolute Gasteiger partial charge is 0.440 e. The number of hydrogen-bond acceptors (Lipinski definition) is 7. The third kappa shape index (κ3) is 4.05. The monoisotopic (exact) mass is 387 g/mol. The minimum atomic E-state index is -0.0486. The van der Waals surface area contributed by atoms with E-state index < -0.39 is 0 Å². The lowest BCUT2D eigenvalue weighted by atomic mass is 9.98. The van der Waals surface area contributed by atoms with Gasteiger partial charge in [0.1, 0.15) is 5.52 Å². The molecule has 4 rings (SSSR count). The van der Waals surface area contributed by atoms with E-state index in [1.165, 1.54) is 11.8 Å². The Hall–Kier alpha value is -2.62. The molecule has 1 N–H and O–H groups in total. The molecule has 142 valence electrons. The summed E-state index contributed by atoms with van der Waals surface area (Å²) in [7, 11) is 1.79. The minimum Gasteiger partial charge on any atom is -0.440 e. The number of urea groups is 1. The van der Waals surface area contributed by atoms with Crippen LogP contribution in [0.3, 0.4) is 0 Å². The first kappa shape index (κ1) is 17.8. The highest BCUT2D eigenvalue weighted by Crippen LogP contribution is 2.28. The van der Waals surface area contributed by atoms with Crippen molar-refractivity contribution in [1.82, 2.24) is 35.4 Å². The number of carbonyl (C=O) groups is 1. The average molecular weight is 387 g/mol. The van der Waals surface area contributed by atoms with Crippen LogP contribution in [0.5, 0.6) is 0 Å². The molecule has 3 heterocycles. The van der Waals surface area contributed by atoms with Gasteiger partial charge < -0.3 is 14.6 Å². The number of fused-ring (bicyclic) bond motifs is 1. The van der Waals surface area contributed by atoms with E-state index >= 15 is 0 Å². The molecule has 1 fully saturated rings. The number of carbonyl (C=O) groups excluding carboxylic acids is 1. The topological polar surface area (TPSA) is 102 Å². The average Bonchev–Trinajstić information content (AvgIpc) is 3.31. The van der Waals surface area contributed by atoms with Gasteiger partial charge in [0, 0.05) is 32.4 Å². The van der Waals surface area contributed by atoms with Crippen LogP contribution in [0.4, 0.5) is 4.79 Å². The zero-order valence-electron chi connectivity index (χ0n) is 15.0. The van der Waals surface area contributed by atoms with Crippen LogP contribution in [0, 0.1) is 0 Å². The lowest BCUT2D eigenvalue weighted by Crippen LogP contribution is -2.45. The van der Waals surface area contributed by atoms with Gasteiger partial charge in [-0.05, 0) is 35.4 Å². The summed E-state index contributed by atoms with van der Waals surface area (Å²) in [6.07, 6.45) is 1.92. The Labute approximate surface area is 160 Å². The fourth-order valence-electron chi connectivity index (χ4n) is 3.18. The Morgan fingerprint density at radius 3 is 3.11 bits per heavy atom. The van der Waals surface area contributed by atoms with Gasteiger partial charge in [0.15, 0.2) is 11.5 Å². The number of para-hydroxylation sites is 2. The smallest absolute Gasteiger partial charge is 0.317 e. The van der Waals surface area contributed by atoms with Crippen molar-refractivity contribution in [2.45, 2.75) is 23.9 Å². The summed E-state index contributed by atoms with van der Waals surface area (Å²) in [6, 6.07) is 7.70. The number of tetrazole rings is 1. The van der Waals surface area contributed by atoms with Crippen molar-refractivity contribution in [3.05, 3.63) is 30.2 Å². The Morgan fingerprint density at radius 2 is 2.30 bits per heavy atom. The number of oxazole rings is 1. The summed E-state index contributed by atoms with van der Waals surface area (Å²) in [4.78, 5) is 18.9. The maximum Gasteiger partial charge on any atom is 0.317 e. The van der Waals surface area contributed by atoms with Crippen LogP contribution in [0.2, 0.25) is 0 Å². The lowest BCUT2D eigenvalue weighted by Gasteiger charge is -2.31. The summed E-state index contributed by atoms with van der Waals surface area (Å²) < 4.78 is 7.51. The van der Waals surface area contributed by atoms with Gasteiger partial charge in [0.05, 0.1) is 5.92 Å². The fraction of sp³-hybridized carbons (Fsp3) is 0.471. The van der Waals surface area contributed by atoms with E-state index in [0.29, 0.717) is 18.8 Å². The fourth-order valence-corrected chi connectivity index (χ4v) is 3.89. The molecule has 0 bridgehead atoms. The van der Waals surface area contributed by atoms with Gasteiger partial charge in [-0.2, -0.15) is 0 Å². The Balaban J connectivity index is 1.29. The summed E-state index contributed by atoms with van der Waals surface area (Å²) in [5, 5.41) is 15.0. The SMILES string of the molecule is Cn1nnnc1SCCNC(=O)N1CCCC(c2nc3ccccc3o2)C1. The molecule has 10 heteroatoms. The first-order valence-corrected chi connectivity index (χ1v) is 9.92. The van der Waals surface area contributed by atoms with Gasteiger partial charge in [-0.3, -0.25) is 0 Å². The molecule has 1 aliphatic heterocycles. The number of aromatic nitrogens is 5. The number of likely N-dealkylation sites (tertiary alicyclic amines) is 1. The summed E-state index contributed by atoms with van der Waals surface area (Å²) in [6.45, 7) is 1.93. The van der Waals surface area contributed by atoms with Gasteiger partial charge in [-0.15, -0.1) is 5.10 Å². The molecule has 1 atom stereocenters. The number of benzene rings is 1. The second kappa shape index (κ2) is 7.95. The summed E-state index contributed by atoms with van der Waals surface area (Å²) >= 11 is 1.51. The molecule has 2 amide bonds. The summed E-state index contributed by atoms with van der Waals surface area (Å²) in [5.41, 5.74) is 1.66. The molecule has 27 heavy (non-hydrogen) atoms. The predicted octanol–water partition coefficient (Wildman–Crippen LogP) is 2.03. The van der Waals surface area contributed by atoms with Crippen molar-refractivity contribution in [3.8, 4) is 0 Å². The van der Waals surface area contributed by atoms with Crippen molar-refractivity contribution in [1.29, 1.82) is 0 Å². The summed E-state index contributed by atoms with van der Waals surface area (Å²) in [5.74, 6) is 1.57. The lowest BCUT2D eigenvalue weighted by molar-refractivity contribution is 0.175. The second-order valence-electron chi connectivity index (χ2n) is 6.47. The number of rotatable bonds is 5. The molecule has 1 aliphatic rings. The maximum absolute atomic E-state index is 12.5. The number of thioether (sulfide) groups is 1. The number of hydrogen-bond donors (Lipinski definition) is 1. The third-order valence-corrected chi connectivity index (χ3v) is 5.57.